The maximum absolute atomic E-state index is 13.0. The van der Waals surface area contributed by atoms with Gasteiger partial charge >= 0.3 is 39.5 Å². The fraction of sp³-hybridized carbons (Fsp3) is 0.941. The highest BCUT2D eigenvalue weighted by molar-refractivity contribution is 7.47. The molecule has 19 heteroatoms. The SMILES string of the molecule is CCC(C)CCCCCCCCC(=O)OC[C@H](COP(=O)(O)OC[C@@H](O)COP(=O)(O)OC[C@@H](COC(=O)CCCCCCCCC(C)C)OC(=O)CCCCCCCCC(C)C)OC(=O)CCCCCCCCCCCCCCCCCCC(C)C. The zero-order valence-electron chi connectivity index (χ0n) is 56.6. The van der Waals surface area contributed by atoms with E-state index in [4.69, 9.17) is 37.0 Å². The Hall–Kier alpha value is -1.94. The number of ether oxygens (including phenoxy) is 4. The number of phosphoric acid groups is 2. The number of carbonyl (C=O) groups is 4. The first-order valence-electron chi connectivity index (χ1n) is 35.2. The summed E-state index contributed by atoms with van der Waals surface area (Å²) in [5.74, 6) is 0.749. The number of rotatable bonds is 65. The van der Waals surface area contributed by atoms with Gasteiger partial charge in [0.1, 0.15) is 19.3 Å². The highest BCUT2D eigenvalue weighted by atomic mass is 31.2. The lowest BCUT2D eigenvalue weighted by atomic mass is 10.00. The first-order chi connectivity index (χ1) is 41.6. The van der Waals surface area contributed by atoms with Crippen molar-refractivity contribution in [2.75, 3.05) is 39.6 Å². The lowest BCUT2D eigenvalue weighted by molar-refractivity contribution is -0.161. The molecule has 516 valence electrons. The normalized spacial score (nSPS) is 14.6. The van der Waals surface area contributed by atoms with Crippen LogP contribution in [0.1, 0.15) is 331 Å². The van der Waals surface area contributed by atoms with Gasteiger partial charge in [0.05, 0.1) is 26.4 Å². The van der Waals surface area contributed by atoms with E-state index >= 15 is 0 Å². The summed E-state index contributed by atoms with van der Waals surface area (Å²) in [4.78, 5) is 72.3. The highest BCUT2D eigenvalue weighted by Crippen LogP contribution is 2.45. The first-order valence-corrected chi connectivity index (χ1v) is 38.2. The third-order valence-electron chi connectivity index (χ3n) is 15.9. The van der Waals surface area contributed by atoms with Crippen LogP contribution in [-0.2, 0) is 65.4 Å². The van der Waals surface area contributed by atoms with Crippen LogP contribution < -0.4 is 0 Å². The molecule has 0 amide bonds. The molecule has 0 saturated heterocycles. The fourth-order valence-electron chi connectivity index (χ4n) is 10.1. The Balaban J connectivity index is 5.18. The topological polar surface area (TPSA) is 237 Å². The summed E-state index contributed by atoms with van der Waals surface area (Å²) in [6, 6.07) is 0. The Labute approximate surface area is 530 Å². The largest absolute Gasteiger partial charge is 0.472 e. The fourth-order valence-corrected chi connectivity index (χ4v) is 11.7. The second-order valence-electron chi connectivity index (χ2n) is 26.2. The van der Waals surface area contributed by atoms with Crippen molar-refractivity contribution in [3.05, 3.63) is 0 Å². The predicted octanol–water partition coefficient (Wildman–Crippen LogP) is 18.9. The summed E-state index contributed by atoms with van der Waals surface area (Å²) in [6.07, 6.45) is 39.4. The van der Waals surface area contributed by atoms with Crippen molar-refractivity contribution in [3.8, 4) is 0 Å². The summed E-state index contributed by atoms with van der Waals surface area (Å²) in [7, 11) is -9.89. The average molecular weight is 1280 g/mol. The number of hydrogen-bond donors (Lipinski definition) is 3. The van der Waals surface area contributed by atoms with Crippen molar-refractivity contribution in [1.29, 1.82) is 0 Å². The van der Waals surface area contributed by atoms with Gasteiger partial charge in [0.25, 0.3) is 0 Å². The molecule has 0 rings (SSSR count). The number of hydrogen-bond acceptors (Lipinski definition) is 15. The molecule has 0 aromatic carbocycles. The van der Waals surface area contributed by atoms with Crippen LogP contribution in [0.15, 0.2) is 0 Å². The molecular formula is C68H132O17P2. The molecule has 6 atom stereocenters. The number of aliphatic hydroxyl groups excluding tert-OH is 1. The van der Waals surface area contributed by atoms with Crippen LogP contribution in [-0.4, -0.2) is 96.7 Å². The smallest absolute Gasteiger partial charge is 0.462 e. The van der Waals surface area contributed by atoms with Gasteiger partial charge in [-0.1, -0.05) is 280 Å². The number of unbranched alkanes of at least 4 members (excludes halogenated alkanes) is 30. The Kier molecular flexibility index (Phi) is 56.6. The van der Waals surface area contributed by atoms with Gasteiger partial charge in [-0.3, -0.25) is 37.3 Å². The van der Waals surface area contributed by atoms with E-state index in [-0.39, 0.29) is 25.7 Å². The van der Waals surface area contributed by atoms with E-state index < -0.39 is 97.5 Å². The molecule has 0 aromatic heterocycles. The minimum atomic E-state index is -4.95. The number of phosphoric ester groups is 2. The van der Waals surface area contributed by atoms with Crippen LogP contribution >= 0.6 is 15.6 Å². The molecule has 17 nitrogen and oxygen atoms in total. The van der Waals surface area contributed by atoms with E-state index in [1.165, 1.54) is 122 Å². The van der Waals surface area contributed by atoms with Crippen molar-refractivity contribution >= 4 is 39.5 Å². The maximum atomic E-state index is 13.0. The molecule has 87 heavy (non-hydrogen) atoms. The molecule has 0 radical (unpaired) electrons. The van der Waals surface area contributed by atoms with Crippen molar-refractivity contribution < 1.29 is 80.2 Å². The summed E-state index contributed by atoms with van der Waals surface area (Å²) < 4.78 is 68.1. The van der Waals surface area contributed by atoms with Crippen LogP contribution in [0.5, 0.6) is 0 Å². The van der Waals surface area contributed by atoms with Crippen molar-refractivity contribution in [3.63, 3.8) is 0 Å². The molecule has 3 N–H and O–H groups in total. The van der Waals surface area contributed by atoms with E-state index in [0.29, 0.717) is 37.5 Å². The lowest BCUT2D eigenvalue weighted by Crippen LogP contribution is -2.30. The van der Waals surface area contributed by atoms with Crippen molar-refractivity contribution in [2.24, 2.45) is 23.7 Å². The first kappa shape index (κ1) is 85.1. The van der Waals surface area contributed by atoms with E-state index in [2.05, 4.69) is 55.4 Å². The molecule has 0 aliphatic carbocycles. The number of carbonyl (C=O) groups excluding carboxylic acids is 4. The second-order valence-corrected chi connectivity index (χ2v) is 29.1. The monoisotopic (exact) mass is 1280 g/mol. The van der Waals surface area contributed by atoms with E-state index in [9.17, 15) is 43.2 Å². The Morgan fingerprint density at radius 1 is 0.322 bits per heavy atom. The van der Waals surface area contributed by atoms with Crippen LogP contribution in [0.3, 0.4) is 0 Å². The van der Waals surface area contributed by atoms with E-state index in [1.807, 2.05) is 0 Å². The predicted molar refractivity (Wildman–Crippen MR) is 349 cm³/mol. The van der Waals surface area contributed by atoms with Crippen LogP contribution in [0.2, 0.25) is 0 Å². The zero-order chi connectivity index (χ0) is 64.7. The number of aliphatic hydroxyl groups is 1. The molecule has 0 aliphatic heterocycles. The van der Waals surface area contributed by atoms with Crippen molar-refractivity contribution in [1.82, 2.24) is 0 Å². The van der Waals surface area contributed by atoms with Gasteiger partial charge < -0.3 is 33.8 Å². The van der Waals surface area contributed by atoms with Crippen molar-refractivity contribution in [2.45, 2.75) is 350 Å². The van der Waals surface area contributed by atoms with Gasteiger partial charge in [-0.25, -0.2) is 9.13 Å². The van der Waals surface area contributed by atoms with E-state index in [0.717, 1.165) is 115 Å². The minimum absolute atomic E-state index is 0.100. The Morgan fingerprint density at radius 3 is 0.816 bits per heavy atom. The third kappa shape index (κ3) is 61.3. The van der Waals surface area contributed by atoms with Gasteiger partial charge in [-0.15, -0.1) is 0 Å². The standard InChI is InChI=1S/C68H132O17P2/c1-9-61(8)47-39-31-24-27-33-41-49-66(71)79-54-63(84-67(72)50-42-34-21-19-17-15-13-11-10-12-14-16-18-20-28-36-44-58(2)3)56-82-86(74,75)80-52-62(69)53-81-87(76,77)83-57-64(85-68(73)51-43-35-26-23-30-38-46-60(6)7)55-78-65(70)48-40-32-25-22-29-37-45-59(4)5/h58-64,69H,9-57H2,1-8H3,(H,74,75)(H,76,77)/t61?,62-,63-,64-/m1/s1. The summed E-state index contributed by atoms with van der Waals surface area (Å²) in [5.41, 5.74) is 0. The number of esters is 4. The van der Waals surface area contributed by atoms with E-state index in [1.54, 1.807) is 0 Å². The molecule has 0 fully saturated rings. The zero-order valence-corrected chi connectivity index (χ0v) is 58.4. The van der Waals surface area contributed by atoms with Gasteiger partial charge in [0.15, 0.2) is 12.2 Å². The summed E-state index contributed by atoms with van der Waals surface area (Å²) >= 11 is 0. The average Bonchev–Trinajstić information content (AvgIpc) is 3.50. The van der Waals surface area contributed by atoms with Gasteiger partial charge in [0, 0.05) is 25.7 Å². The minimum Gasteiger partial charge on any atom is -0.462 e. The van der Waals surface area contributed by atoms with Gasteiger partial charge in [0.2, 0.25) is 0 Å². The molecule has 0 spiro atoms. The molecule has 0 bridgehead atoms. The molecule has 0 aliphatic rings. The lowest BCUT2D eigenvalue weighted by Gasteiger charge is -2.21. The second kappa shape index (κ2) is 57.9. The third-order valence-corrected chi connectivity index (χ3v) is 17.8. The van der Waals surface area contributed by atoms with Crippen LogP contribution in [0.25, 0.3) is 0 Å². The highest BCUT2D eigenvalue weighted by Gasteiger charge is 2.30. The summed E-state index contributed by atoms with van der Waals surface area (Å²) in [5, 5.41) is 10.6. The molecule has 3 unspecified atom stereocenters. The molecular weight excluding hydrogens is 1150 g/mol. The Morgan fingerprint density at radius 2 is 0.552 bits per heavy atom. The van der Waals surface area contributed by atoms with Crippen LogP contribution in [0.4, 0.5) is 0 Å². The molecule has 0 aromatic rings. The quantitative estimate of drug-likeness (QED) is 0.0222. The maximum Gasteiger partial charge on any atom is 0.472 e. The van der Waals surface area contributed by atoms with Gasteiger partial charge in [-0.05, 0) is 49.4 Å². The van der Waals surface area contributed by atoms with Crippen LogP contribution in [0, 0.1) is 23.7 Å². The summed E-state index contributed by atoms with van der Waals surface area (Å²) in [6.45, 7) is 13.9. The van der Waals surface area contributed by atoms with Gasteiger partial charge in [-0.2, -0.15) is 0 Å². The molecule has 0 heterocycles. The Bertz CT molecular complexity index is 1730. The molecule has 0 saturated carbocycles.